The summed E-state index contributed by atoms with van der Waals surface area (Å²) in [4.78, 5) is 12.3. The van der Waals surface area contributed by atoms with Gasteiger partial charge in [-0.25, -0.2) is 0 Å². The van der Waals surface area contributed by atoms with Gasteiger partial charge in [0.15, 0.2) is 0 Å². The Kier molecular flexibility index (Phi) is 6.52. The van der Waals surface area contributed by atoms with Crippen molar-refractivity contribution in [3.8, 4) is 5.75 Å². The van der Waals surface area contributed by atoms with Crippen LogP contribution in [0.3, 0.4) is 0 Å². The molecule has 0 heterocycles. The molecule has 0 aliphatic heterocycles. The molecule has 3 N–H and O–H groups in total. The molecule has 1 aromatic rings. The third-order valence-corrected chi connectivity index (χ3v) is 4.06. The molecule has 20 heavy (non-hydrogen) atoms. The van der Waals surface area contributed by atoms with E-state index in [1.54, 1.807) is 7.11 Å². The van der Waals surface area contributed by atoms with Crippen molar-refractivity contribution in [3.05, 3.63) is 29.8 Å². The van der Waals surface area contributed by atoms with Crippen molar-refractivity contribution in [1.29, 1.82) is 0 Å². The van der Waals surface area contributed by atoms with E-state index in [1.165, 1.54) is 0 Å². The van der Waals surface area contributed by atoms with E-state index in [-0.39, 0.29) is 5.91 Å². The van der Waals surface area contributed by atoms with Gasteiger partial charge >= 0.3 is 0 Å². The summed E-state index contributed by atoms with van der Waals surface area (Å²) in [5, 5.41) is 3.00. The van der Waals surface area contributed by atoms with E-state index >= 15 is 0 Å². The Bertz CT molecular complexity index is 420. The largest absolute Gasteiger partial charge is 0.497 e. The molecular formula is C16H26N2O2. The monoisotopic (exact) mass is 278 g/mol. The summed E-state index contributed by atoms with van der Waals surface area (Å²) >= 11 is 0. The highest BCUT2D eigenvalue weighted by atomic mass is 16.5. The second kappa shape index (κ2) is 7.90. The minimum atomic E-state index is -0.422. The summed E-state index contributed by atoms with van der Waals surface area (Å²) in [6.45, 7) is 5.04. The van der Waals surface area contributed by atoms with Gasteiger partial charge in [-0.05, 0) is 37.0 Å². The van der Waals surface area contributed by atoms with Crippen LogP contribution in [0.4, 0.5) is 0 Å². The molecule has 0 aliphatic rings. The number of rotatable bonds is 8. The van der Waals surface area contributed by atoms with Crippen molar-refractivity contribution in [1.82, 2.24) is 5.32 Å². The van der Waals surface area contributed by atoms with Gasteiger partial charge in [-0.3, -0.25) is 4.79 Å². The molecule has 4 nitrogen and oxygen atoms in total. The zero-order chi connectivity index (χ0) is 15.0. The Morgan fingerprint density at radius 3 is 2.60 bits per heavy atom. The molecule has 0 saturated carbocycles. The quantitative estimate of drug-likeness (QED) is 0.765. The summed E-state index contributed by atoms with van der Waals surface area (Å²) in [6.07, 6.45) is 2.33. The number of carbonyl (C=O) groups is 1. The van der Waals surface area contributed by atoms with E-state index < -0.39 is 5.41 Å². The molecule has 0 bridgehead atoms. The second-order valence-electron chi connectivity index (χ2n) is 5.05. The maximum Gasteiger partial charge on any atom is 0.227 e. The van der Waals surface area contributed by atoms with E-state index in [9.17, 15) is 4.79 Å². The average molecular weight is 278 g/mol. The SMILES string of the molecule is CCC(CC)(CN)C(=O)NCCc1cccc(OC)c1. The predicted molar refractivity (Wildman–Crippen MR) is 81.8 cm³/mol. The van der Waals surface area contributed by atoms with Gasteiger partial charge in [0.1, 0.15) is 5.75 Å². The minimum Gasteiger partial charge on any atom is -0.497 e. The number of carbonyl (C=O) groups excluding carboxylic acids is 1. The molecule has 0 aliphatic carbocycles. The lowest BCUT2D eigenvalue weighted by molar-refractivity contribution is -0.131. The van der Waals surface area contributed by atoms with E-state index in [2.05, 4.69) is 5.32 Å². The molecule has 0 radical (unpaired) electrons. The first kappa shape index (κ1) is 16.5. The van der Waals surface area contributed by atoms with Crippen molar-refractivity contribution in [2.24, 2.45) is 11.1 Å². The van der Waals surface area contributed by atoms with Gasteiger partial charge in [0, 0.05) is 13.1 Å². The number of nitrogens with two attached hydrogens (primary N) is 1. The molecule has 0 atom stereocenters. The standard InChI is InChI=1S/C16H26N2O2/c1-4-16(5-2,12-17)15(19)18-10-9-13-7-6-8-14(11-13)20-3/h6-8,11H,4-5,9-10,12,17H2,1-3H3,(H,18,19). The fraction of sp³-hybridized carbons (Fsp3) is 0.562. The molecule has 0 aromatic heterocycles. The van der Waals surface area contributed by atoms with Crippen molar-refractivity contribution in [2.45, 2.75) is 33.1 Å². The van der Waals surface area contributed by atoms with Crippen molar-refractivity contribution < 1.29 is 9.53 Å². The Labute approximate surface area is 121 Å². The topological polar surface area (TPSA) is 64.4 Å². The highest BCUT2D eigenvalue weighted by Crippen LogP contribution is 2.24. The van der Waals surface area contributed by atoms with Gasteiger partial charge in [0.2, 0.25) is 5.91 Å². The summed E-state index contributed by atoms with van der Waals surface area (Å²) in [6, 6.07) is 7.89. The summed E-state index contributed by atoms with van der Waals surface area (Å²) < 4.78 is 5.18. The number of benzene rings is 1. The molecule has 4 heteroatoms. The van der Waals surface area contributed by atoms with Gasteiger partial charge in [0.05, 0.1) is 12.5 Å². The lowest BCUT2D eigenvalue weighted by Crippen LogP contribution is -2.45. The third-order valence-electron chi connectivity index (χ3n) is 4.06. The fourth-order valence-corrected chi connectivity index (χ4v) is 2.29. The van der Waals surface area contributed by atoms with Crippen molar-refractivity contribution in [3.63, 3.8) is 0 Å². The minimum absolute atomic E-state index is 0.0629. The number of ether oxygens (including phenoxy) is 1. The molecule has 1 amide bonds. The van der Waals surface area contributed by atoms with Gasteiger partial charge in [-0.1, -0.05) is 26.0 Å². The van der Waals surface area contributed by atoms with Gasteiger partial charge < -0.3 is 15.8 Å². The Hall–Kier alpha value is -1.55. The summed E-state index contributed by atoms with van der Waals surface area (Å²) in [7, 11) is 1.65. The zero-order valence-corrected chi connectivity index (χ0v) is 12.7. The Balaban J connectivity index is 2.53. The van der Waals surface area contributed by atoms with Crippen molar-refractivity contribution >= 4 is 5.91 Å². The van der Waals surface area contributed by atoms with Gasteiger partial charge in [-0.15, -0.1) is 0 Å². The van der Waals surface area contributed by atoms with Crippen LogP contribution >= 0.6 is 0 Å². The van der Waals surface area contributed by atoms with E-state index in [1.807, 2.05) is 38.1 Å². The molecule has 0 fully saturated rings. The van der Waals surface area contributed by atoms with Crippen LogP contribution in [0.2, 0.25) is 0 Å². The summed E-state index contributed by atoms with van der Waals surface area (Å²) in [5.41, 5.74) is 6.50. The highest BCUT2D eigenvalue weighted by Gasteiger charge is 2.32. The maximum atomic E-state index is 12.3. The van der Waals surface area contributed by atoms with Gasteiger partial charge in [0.25, 0.3) is 0 Å². The van der Waals surface area contributed by atoms with Gasteiger partial charge in [-0.2, -0.15) is 0 Å². The van der Waals surface area contributed by atoms with E-state index in [0.29, 0.717) is 13.1 Å². The lowest BCUT2D eigenvalue weighted by Gasteiger charge is -2.28. The summed E-state index contributed by atoms with van der Waals surface area (Å²) in [5.74, 6) is 0.903. The van der Waals surface area contributed by atoms with Crippen LogP contribution < -0.4 is 15.8 Å². The number of methoxy groups -OCH3 is 1. The Morgan fingerprint density at radius 1 is 1.35 bits per heavy atom. The first-order valence-corrected chi connectivity index (χ1v) is 7.23. The maximum absolute atomic E-state index is 12.3. The molecule has 112 valence electrons. The lowest BCUT2D eigenvalue weighted by atomic mass is 9.81. The van der Waals surface area contributed by atoms with Crippen LogP contribution in [0.1, 0.15) is 32.3 Å². The Morgan fingerprint density at radius 2 is 2.05 bits per heavy atom. The molecule has 0 saturated heterocycles. The fourth-order valence-electron chi connectivity index (χ4n) is 2.29. The third kappa shape index (κ3) is 3.97. The first-order valence-electron chi connectivity index (χ1n) is 7.23. The van der Waals surface area contributed by atoms with Crippen LogP contribution in [0.25, 0.3) is 0 Å². The predicted octanol–water partition coefficient (Wildman–Crippen LogP) is 2.12. The number of hydrogen-bond donors (Lipinski definition) is 2. The second-order valence-corrected chi connectivity index (χ2v) is 5.05. The van der Waals surface area contributed by atoms with Crippen LogP contribution in [-0.2, 0) is 11.2 Å². The molecule has 0 spiro atoms. The van der Waals surface area contributed by atoms with Crippen LogP contribution in [-0.4, -0.2) is 26.1 Å². The smallest absolute Gasteiger partial charge is 0.227 e. The highest BCUT2D eigenvalue weighted by molar-refractivity contribution is 5.82. The van der Waals surface area contributed by atoms with E-state index in [0.717, 1.165) is 30.6 Å². The number of nitrogens with one attached hydrogen (secondary N) is 1. The van der Waals surface area contributed by atoms with Crippen molar-refractivity contribution in [2.75, 3.05) is 20.2 Å². The molecular weight excluding hydrogens is 252 g/mol. The van der Waals surface area contributed by atoms with Crippen LogP contribution in [0.15, 0.2) is 24.3 Å². The van der Waals surface area contributed by atoms with Crippen LogP contribution in [0, 0.1) is 5.41 Å². The average Bonchev–Trinajstić information content (AvgIpc) is 2.50. The first-order chi connectivity index (χ1) is 9.61. The zero-order valence-electron chi connectivity index (χ0n) is 12.7. The normalized spacial score (nSPS) is 11.2. The van der Waals surface area contributed by atoms with Crippen LogP contribution in [0.5, 0.6) is 5.75 Å². The molecule has 1 aromatic carbocycles. The number of amides is 1. The number of hydrogen-bond acceptors (Lipinski definition) is 3. The van der Waals surface area contributed by atoms with E-state index in [4.69, 9.17) is 10.5 Å². The molecule has 0 unspecified atom stereocenters. The molecule has 1 rings (SSSR count).